The van der Waals surface area contributed by atoms with Gasteiger partial charge in [0.25, 0.3) is 11.6 Å². The number of rotatable bonds is 7. The molecular weight excluding hydrogens is 376 g/mol. The summed E-state index contributed by atoms with van der Waals surface area (Å²) in [4.78, 5) is 22.8. The molecule has 0 saturated carbocycles. The fourth-order valence-electron chi connectivity index (χ4n) is 2.85. The highest BCUT2D eigenvalue weighted by atomic mass is 16.6. The molecule has 1 amide bonds. The van der Waals surface area contributed by atoms with Crippen molar-refractivity contribution in [2.45, 2.75) is 13.8 Å². The zero-order valence-electron chi connectivity index (χ0n) is 16.2. The van der Waals surface area contributed by atoms with Crippen molar-refractivity contribution < 1.29 is 19.2 Å². The van der Waals surface area contributed by atoms with Gasteiger partial charge in [0.15, 0.2) is 18.1 Å². The Kier molecular flexibility index (Phi) is 5.77. The molecule has 0 aliphatic rings. The second-order valence-corrected chi connectivity index (χ2v) is 6.22. The van der Waals surface area contributed by atoms with Gasteiger partial charge in [-0.2, -0.15) is 5.10 Å². The van der Waals surface area contributed by atoms with E-state index in [1.807, 2.05) is 37.3 Å². The molecule has 1 aromatic heterocycles. The molecule has 0 fully saturated rings. The summed E-state index contributed by atoms with van der Waals surface area (Å²) in [5.41, 5.74) is 2.75. The van der Waals surface area contributed by atoms with Crippen molar-refractivity contribution >= 4 is 17.3 Å². The average Bonchev–Trinajstić information content (AvgIpc) is 3.00. The predicted octanol–water partition coefficient (Wildman–Crippen LogP) is 3.42. The van der Waals surface area contributed by atoms with Crippen LogP contribution in [-0.4, -0.2) is 34.3 Å². The Labute approximate surface area is 167 Å². The fourth-order valence-corrected chi connectivity index (χ4v) is 2.85. The number of hydrogen-bond acceptors (Lipinski definition) is 6. The number of ether oxygens (including phenoxy) is 2. The summed E-state index contributed by atoms with van der Waals surface area (Å²) in [5.74, 6) is -0.00435. The standard InChI is InChI=1S/C20H20N4O5/c1-13-20(14(2)23(22-13)15-7-5-4-6-8-15)21-19(25)12-29-18-11-16(24(26)27)9-10-17(18)28-3/h4-11H,12H2,1-3H3,(H,21,25). The first-order chi connectivity index (χ1) is 13.9. The van der Waals surface area contributed by atoms with Crippen LogP contribution in [0.3, 0.4) is 0 Å². The maximum atomic E-state index is 12.4. The number of amides is 1. The van der Waals surface area contributed by atoms with Crippen LogP contribution in [0.15, 0.2) is 48.5 Å². The highest BCUT2D eigenvalue weighted by Gasteiger charge is 2.17. The van der Waals surface area contributed by atoms with E-state index in [0.717, 1.165) is 11.4 Å². The summed E-state index contributed by atoms with van der Waals surface area (Å²) >= 11 is 0. The first kappa shape index (κ1) is 19.9. The summed E-state index contributed by atoms with van der Waals surface area (Å²) in [5, 5.41) is 18.2. The number of nitro benzene ring substituents is 1. The number of carbonyl (C=O) groups excluding carboxylic acids is 1. The zero-order chi connectivity index (χ0) is 21.0. The van der Waals surface area contributed by atoms with Gasteiger partial charge in [0, 0.05) is 6.07 Å². The molecule has 0 radical (unpaired) electrons. The van der Waals surface area contributed by atoms with Gasteiger partial charge < -0.3 is 14.8 Å². The maximum Gasteiger partial charge on any atom is 0.273 e. The summed E-state index contributed by atoms with van der Waals surface area (Å²) in [6.45, 7) is 3.31. The third-order valence-electron chi connectivity index (χ3n) is 4.27. The minimum Gasteiger partial charge on any atom is -0.493 e. The largest absolute Gasteiger partial charge is 0.493 e. The number of methoxy groups -OCH3 is 1. The van der Waals surface area contributed by atoms with Crippen LogP contribution in [0.5, 0.6) is 11.5 Å². The van der Waals surface area contributed by atoms with Gasteiger partial charge in [0.1, 0.15) is 0 Å². The Balaban J connectivity index is 1.73. The quantitative estimate of drug-likeness (QED) is 0.484. The second-order valence-electron chi connectivity index (χ2n) is 6.22. The van der Waals surface area contributed by atoms with E-state index in [1.54, 1.807) is 11.6 Å². The van der Waals surface area contributed by atoms with Crippen molar-refractivity contribution in [2.24, 2.45) is 0 Å². The lowest BCUT2D eigenvalue weighted by Crippen LogP contribution is -2.21. The molecule has 0 bridgehead atoms. The number of non-ortho nitro benzene ring substituents is 1. The van der Waals surface area contributed by atoms with Gasteiger partial charge in [0.05, 0.1) is 40.9 Å². The molecule has 3 aromatic rings. The van der Waals surface area contributed by atoms with Crippen molar-refractivity contribution in [1.82, 2.24) is 9.78 Å². The fraction of sp³-hybridized carbons (Fsp3) is 0.200. The summed E-state index contributed by atoms with van der Waals surface area (Å²) in [6.07, 6.45) is 0. The number of anilines is 1. The number of nitrogens with one attached hydrogen (secondary N) is 1. The van der Waals surface area contributed by atoms with E-state index in [4.69, 9.17) is 9.47 Å². The Morgan fingerprint density at radius 1 is 1.17 bits per heavy atom. The molecule has 0 aliphatic heterocycles. The molecule has 2 aromatic carbocycles. The van der Waals surface area contributed by atoms with Crippen molar-refractivity contribution in [3.8, 4) is 17.2 Å². The minimum atomic E-state index is -0.545. The van der Waals surface area contributed by atoms with E-state index in [0.29, 0.717) is 17.1 Å². The molecule has 0 saturated heterocycles. The Bertz CT molecular complexity index is 1050. The summed E-state index contributed by atoms with van der Waals surface area (Å²) < 4.78 is 12.3. The van der Waals surface area contributed by atoms with Gasteiger partial charge in [-0.15, -0.1) is 0 Å². The number of nitrogens with zero attached hydrogens (tertiary/aromatic N) is 3. The molecule has 0 unspecified atom stereocenters. The highest BCUT2D eigenvalue weighted by Crippen LogP contribution is 2.31. The first-order valence-electron chi connectivity index (χ1n) is 8.77. The van der Waals surface area contributed by atoms with E-state index in [1.165, 1.54) is 25.3 Å². The minimum absolute atomic E-state index is 0.116. The van der Waals surface area contributed by atoms with Gasteiger partial charge in [-0.1, -0.05) is 18.2 Å². The molecule has 0 spiro atoms. The molecule has 9 heteroatoms. The molecule has 1 heterocycles. The molecule has 29 heavy (non-hydrogen) atoms. The molecule has 9 nitrogen and oxygen atoms in total. The SMILES string of the molecule is COc1ccc([N+](=O)[O-])cc1OCC(=O)Nc1c(C)nn(-c2ccccc2)c1C. The van der Waals surface area contributed by atoms with Crippen LogP contribution in [0, 0.1) is 24.0 Å². The summed E-state index contributed by atoms with van der Waals surface area (Å²) in [6, 6.07) is 13.5. The maximum absolute atomic E-state index is 12.4. The number of aryl methyl sites for hydroxylation is 1. The number of benzene rings is 2. The van der Waals surface area contributed by atoms with Crippen LogP contribution < -0.4 is 14.8 Å². The average molecular weight is 396 g/mol. The predicted molar refractivity (Wildman–Crippen MR) is 107 cm³/mol. The van der Waals surface area contributed by atoms with Crippen LogP contribution in [0.4, 0.5) is 11.4 Å². The topological polar surface area (TPSA) is 109 Å². The lowest BCUT2D eigenvalue weighted by Gasteiger charge is -2.11. The molecule has 0 aliphatic carbocycles. The van der Waals surface area contributed by atoms with E-state index >= 15 is 0 Å². The first-order valence-corrected chi connectivity index (χ1v) is 8.77. The Morgan fingerprint density at radius 3 is 2.55 bits per heavy atom. The van der Waals surface area contributed by atoms with Gasteiger partial charge in [-0.25, -0.2) is 4.68 Å². The van der Waals surface area contributed by atoms with Crippen LogP contribution in [-0.2, 0) is 4.79 Å². The lowest BCUT2D eigenvalue weighted by molar-refractivity contribution is -0.385. The smallest absolute Gasteiger partial charge is 0.273 e. The van der Waals surface area contributed by atoms with Crippen molar-refractivity contribution in [3.05, 3.63) is 70.0 Å². The van der Waals surface area contributed by atoms with Gasteiger partial charge in [-0.3, -0.25) is 14.9 Å². The van der Waals surface area contributed by atoms with Gasteiger partial charge >= 0.3 is 0 Å². The molecule has 150 valence electrons. The van der Waals surface area contributed by atoms with Gasteiger partial charge in [0.2, 0.25) is 0 Å². The van der Waals surface area contributed by atoms with Crippen molar-refractivity contribution in [2.75, 3.05) is 19.0 Å². The second kappa shape index (κ2) is 8.42. The highest BCUT2D eigenvalue weighted by molar-refractivity contribution is 5.93. The zero-order valence-corrected chi connectivity index (χ0v) is 16.2. The molecule has 3 rings (SSSR count). The van der Waals surface area contributed by atoms with E-state index in [-0.39, 0.29) is 18.0 Å². The number of hydrogen-bond donors (Lipinski definition) is 1. The summed E-state index contributed by atoms with van der Waals surface area (Å²) in [7, 11) is 1.42. The number of para-hydroxylation sites is 1. The van der Waals surface area contributed by atoms with E-state index in [2.05, 4.69) is 10.4 Å². The van der Waals surface area contributed by atoms with Crippen LogP contribution in [0.25, 0.3) is 5.69 Å². The Morgan fingerprint density at radius 2 is 1.90 bits per heavy atom. The molecule has 1 N–H and O–H groups in total. The molecular formula is C20H20N4O5. The van der Waals surface area contributed by atoms with Crippen LogP contribution in [0.2, 0.25) is 0 Å². The van der Waals surface area contributed by atoms with Crippen LogP contribution in [0.1, 0.15) is 11.4 Å². The Hall–Kier alpha value is -3.88. The monoisotopic (exact) mass is 396 g/mol. The third-order valence-corrected chi connectivity index (χ3v) is 4.27. The molecule has 0 atom stereocenters. The van der Waals surface area contributed by atoms with E-state index in [9.17, 15) is 14.9 Å². The van der Waals surface area contributed by atoms with E-state index < -0.39 is 10.8 Å². The van der Waals surface area contributed by atoms with Gasteiger partial charge in [-0.05, 0) is 32.0 Å². The third kappa shape index (κ3) is 4.34. The normalized spacial score (nSPS) is 10.4. The van der Waals surface area contributed by atoms with Crippen molar-refractivity contribution in [1.29, 1.82) is 0 Å². The number of carbonyl (C=O) groups is 1. The number of nitro groups is 1. The van der Waals surface area contributed by atoms with Crippen molar-refractivity contribution in [3.63, 3.8) is 0 Å². The number of aromatic nitrogens is 2. The lowest BCUT2D eigenvalue weighted by atomic mass is 10.3. The van der Waals surface area contributed by atoms with Crippen LogP contribution >= 0.6 is 0 Å².